The first-order valence-electron chi connectivity index (χ1n) is 17.4. The molecule has 0 amide bonds. The number of fused-ring (bicyclic) bond motifs is 12. The van der Waals surface area contributed by atoms with Crippen LogP contribution in [0.25, 0.3) is 80.0 Å². The summed E-state index contributed by atoms with van der Waals surface area (Å²) in [6.07, 6.45) is 0. The van der Waals surface area contributed by atoms with Crippen molar-refractivity contribution < 1.29 is 0 Å². The first-order valence-corrected chi connectivity index (χ1v) is 18.3. The third kappa shape index (κ3) is 4.29. The van der Waals surface area contributed by atoms with Crippen LogP contribution >= 0.6 is 11.3 Å². The average Bonchev–Trinajstić information content (AvgIpc) is 3.75. The summed E-state index contributed by atoms with van der Waals surface area (Å²) >= 11 is 1.91. The Balaban J connectivity index is 1.27. The fourth-order valence-corrected chi connectivity index (χ4v) is 9.49. The van der Waals surface area contributed by atoms with Crippen LogP contribution in [0.1, 0.15) is 0 Å². The topological polar surface area (TPSA) is 8.17 Å². The molecule has 0 saturated heterocycles. The summed E-state index contributed by atoms with van der Waals surface area (Å²) in [6, 6.07) is 66.6. The standard InChI is InChI=1S/C48H30N2S/c1-2-16-35(17-3-1)50-43-27-26-38(30-42(43)45-39-18-8-9-19-40(39)46-41-20-10-11-21-44(41)51-48(46)47(45)50)49(36-24-22-31-12-4-6-14-33(31)28-36)37-25-23-32-13-5-7-15-34(32)29-37/h1-30H. The second kappa shape index (κ2) is 11.0. The molecule has 0 aliphatic carbocycles. The van der Waals surface area contributed by atoms with Gasteiger partial charge in [0.15, 0.2) is 0 Å². The lowest BCUT2D eigenvalue weighted by Gasteiger charge is -2.26. The minimum absolute atomic E-state index is 1.13. The zero-order valence-corrected chi connectivity index (χ0v) is 28.4. The van der Waals surface area contributed by atoms with Crippen molar-refractivity contribution in [2.24, 2.45) is 0 Å². The number of nitrogens with zero attached hydrogens (tertiary/aromatic N) is 2. The second-order valence-corrected chi connectivity index (χ2v) is 14.4. The molecule has 0 aliphatic heterocycles. The van der Waals surface area contributed by atoms with Gasteiger partial charge in [-0.1, -0.05) is 121 Å². The predicted octanol–water partition coefficient (Wildman–Crippen LogP) is 14.1. The summed E-state index contributed by atoms with van der Waals surface area (Å²) in [5.74, 6) is 0. The molecule has 2 heterocycles. The van der Waals surface area contributed by atoms with Crippen LogP contribution < -0.4 is 4.90 Å². The molecular formula is C48H30N2S. The fraction of sp³-hybridized carbons (Fsp3) is 0. The van der Waals surface area contributed by atoms with Crippen molar-refractivity contribution >= 4 is 103 Å². The maximum Gasteiger partial charge on any atom is 0.0726 e. The molecule has 0 bridgehead atoms. The number of hydrogen-bond donors (Lipinski definition) is 0. The summed E-state index contributed by atoms with van der Waals surface area (Å²) in [6.45, 7) is 0. The maximum absolute atomic E-state index is 2.50. The highest BCUT2D eigenvalue weighted by Gasteiger charge is 2.23. The minimum atomic E-state index is 1.13. The van der Waals surface area contributed by atoms with E-state index in [1.807, 2.05) is 11.3 Å². The number of aromatic nitrogens is 1. The average molecular weight is 667 g/mol. The molecule has 0 atom stereocenters. The zero-order valence-electron chi connectivity index (χ0n) is 27.6. The molecule has 3 heteroatoms. The van der Waals surface area contributed by atoms with Gasteiger partial charge < -0.3 is 9.47 Å². The van der Waals surface area contributed by atoms with Gasteiger partial charge in [-0.3, -0.25) is 0 Å². The monoisotopic (exact) mass is 666 g/mol. The second-order valence-electron chi connectivity index (χ2n) is 13.3. The fourth-order valence-electron chi connectivity index (χ4n) is 8.23. The first kappa shape index (κ1) is 28.4. The Morgan fingerprint density at radius 2 is 0.922 bits per heavy atom. The van der Waals surface area contributed by atoms with Crippen LogP contribution in [-0.4, -0.2) is 4.57 Å². The zero-order chi connectivity index (χ0) is 33.5. The molecule has 0 unspecified atom stereocenters. The van der Waals surface area contributed by atoms with Gasteiger partial charge in [0.25, 0.3) is 0 Å². The molecule has 9 aromatic carbocycles. The van der Waals surface area contributed by atoms with Crippen LogP contribution in [0, 0.1) is 0 Å². The van der Waals surface area contributed by atoms with Gasteiger partial charge in [0.1, 0.15) is 0 Å². The third-order valence-electron chi connectivity index (χ3n) is 10.5. The smallest absolute Gasteiger partial charge is 0.0726 e. The van der Waals surface area contributed by atoms with Crippen LogP contribution in [0.5, 0.6) is 0 Å². The molecule has 0 fully saturated rings. The van der Waals surface area contributed by atoms with E-state index >= 15 is 0 Å². The Morgan fingerprint density at radius 1 is 0.392 bits per heavy atom. The number of benzene rings is 9. The van der Waals surface area contributed by atoms with Crippen LogP contribution in [0.3, 0.4) is 0 Å². The van der Waals surface area contributed by atoms with Crippen LogP contribution in [-0.2, 0) is 0 Å². The first-order chi connectivity index (χ1) is 25.3. The number of para-hydroxylation sites is 1. The van der Waals surface area contributed by atoms with Crippen LogP contribution in [0.4, 0.5) is 17.1 Å². The van der Waals surface area contributed by atoms with E-state index in [4.69, 9.17) is 0 Å². The van der Waals surface area contributed by atoms with Crippen LogP contribution in [0.15, 0.2) is 182 Å². The maximum atomic E-state index is 2.50. The molecule has 2 aromatic heterocycles. The largest absolute Gasteiger partial charge is 0.310 e. The van der Waals surface area contributed by atoms with Crippen molar-refractivity contribution in [3.63, 3.8) is 0 Å². The van der Waals surface area contributed by atoms with Gasteiger partial charge >= 0.3 is 0 Å². The van der Waals surface area contributed by atoms with Gasteiger partial charge in [-0.25, -0.2) is 0 Å². The molecule has 0 N–H and O–H groups in total. The van der Waals surface area contributed by atoms with Gasteiger partial charge in [0.2, 0.25) is 0 Å². The highest BCUT2D eigenvalue weighted by Crippen LogP contribution is 2.49. The Morgan fingerprint density at radius 3 is 1.61 bits per heavy atom. The van der Waals surface area contributed by atoms with E-state index < -0.39 is 0 Å². The van der Waals surface area contributed by atoms with E-state index in [1.54, 1.807) is 0 Å². The summed E-state index contributed by atoms with van der Waals surface area (Å²) in [4.78, 5) is 2.42. The van der Waals surface area contributed by atoms with Gasteiger partial charge in [0, 0.05) is 49.0 Å². The molecule has 0 aliphatic rings. The number of thiophene rings is 1. The van der Waals surface area contributed by atoms with E-state index in [2.05, 4.69) is 191 Å². The lowest BCUT2D eigenvalue weighted by atomic mass is 9.98. The number of rotatable bonds is 4. The molecular weight excluding hydrogens is 637 g/mol. The highest BCUT2D eigenvalue weighted by molar-refractivity contribution is 7.27. The Labute approximate surface area is 298 Å². The molecule has 0 spiro atoms. The normalized spacial score (nSPS) is 11.9. The quantitative estimate of drug-likeness (QED) is 0.181. The third-order valence-corrected chi connectivity index (χ3v) is 11.7. The molecule has 0 radical (unpaired) electrons. The molecule has 51 heavy (non-hydrogen) atoms. The lowest BCUT2D eigenvalue weighted by Crippen LogP contribution is -2.10. The minimum Gasteiger partial charge on any atom is -0.310 e. The SMILES string of the molecule is c1ccc(-n2c3ccc(N(c4ccc5ccccc5c4)c4ccc5ccccc5c4)cc3c3c4ccccc4c4c5ccccc5sc4c32)cc1. The molecule has 11 rings (SSSR count). The van der Waals surface area contributed by atoms with Gasteiger partial charge in [-0.15, -0.1) is 11.3 Å². The van der Waals surface area contributed by atoms with Crippen molar-refractivity contribution in [3.05, 3.63) is 182 Å². The van der Waals surface area contributed by atoms with Gasteiger partial charge in [0.05, 0.1) is 15.7 Å². The van der Waals surface area contributed by atoms with Crippen molar-refractivity contribution in [2.75, 3.05) is 4.90 Å². The van der Waals surface area contributed by atoms with E-state index in [-0.39, 0.29) is 0 Å². The Hall–Kier alpha value is -6.42. The van der Waals surface area contributed by atoms with Crippen molar-refractivity contribution in [1.29, 1.82) is 0 Å². The summed E-state index contributed by atoms with van der Waals surface area (Å²) < 4.78 is 5.14. The number of hydrogen-bond acceptors (Lipinski definition) is 2. The van der Waals surface area contributed by atoms with Crippen molar-refractivity contribution in [1.82, 2.24) is 4.57 Å². The highest BCUT2D eigenvalue weighted by atomic mass is 32.1. The van der Waals surface area contributed by atoms with Crippen LogP contribution in [0.2, 0.25) is 0 Å². The molecule has 2 nitrogen and oxygen atoms in total. The Kier molecular flexibility index (Phi) is 6.16. The van der Waals surface area contributed by atoms with Gasteiger partial charge in [-0.05, 0) is 93.0 Å². The lowest BCUT2D eigenvalue weighted by molar-refractivity contribution is 1.19. The van der Waals surface area contributed by atoms with E-state index in [9.17, 15) is 0 Å². The molecule has 238 valence electrons. The van der Waals surface area contributed by atoms with E-state index in [1.165, 1.54) is 80.0 Å². The summed E-state index contributed by atoms with van der Waals surface area (Å²) in [5.41, 5.74) is 7.03. The molecule has 0 saturated carbocycles. The van der Waals surface area contributed by atoms with E-state index in [0.717, 1.165) is 17.1 Å². The Bertz CT molecular complexity index is 3070. The summed E-state index contributed by atoms with van der Waals surface area (Å²) in [5, 5.41) is 12.7. The van der Waals surface area contributed by atoms with Crippen molar-refractivity contribution in [3.8, 4) is 5.69 Å². The van der Waals surface area contributed by atoms with Gasteiger partial charge in [-0.2, -0.15) is 0 Å². The van der Waals surface area contributed by atoms with Crippen molar-refractivity contribution in [2.45, 2.75) is 0 Å². The summed E-state index contributed by atoms with van der Waals surface area (Å²) in [7, 11) is 0. The van der Waals surface area contributed by atoms with E-state index in [0.29, 0.717) is 0 Å². The number of anilines is 3. The predicted molar refractivity (Wildman–Crippen MR) is 221 cm³/mol. The molecule has 11 aromatic rings.